The van der Waals surface area contributed by atoms with Crippen molar-refractivity contribution in [2.75, 3.05) is 0 Å². The molecule has 0 atom stereocenters. The SMILES string of the molecule is CCC[CH2][Sn][I].N.N. The summed E-state index contributed by atoms with van der Waals surface area (Å²) in [6, 6.07) is 0. The summed E-state index contributed by atoms with van der Waals surface area (Å²) in [4.78, 5) is 0. The summed E-state index contributed by atoms with van der Waals surface area (Å²) in [5.41, 5.74) is 0. The van der Waals surface area contributed by atoms with Gasteiger partial charge in [-0.15, -0.1) is 0 Å². The van der Waals surface area contributed by atoms with Gasteiger partial charge in [0.15, 0.2) is 0 Å². The van der Waals surface area contributed by atoms with E-state index in [1.807, 2.05) is 0 Å². The van der Waals surface area contributed by atoms with Crippen LogP contribution in [0.1, 0.15) is 19.8 Å². The molecule has 0 aromatic rings. The van der Waals surface area contributed by atoms with Crippen LogP contribution in [-0.2, 0) is 0 Å². The molecule has 52 valence electrons. The smallest absolute Gasteiger partial charge is 0.344 e. The van der Waals surface area contributed by atoms with E-state index in [4.69, 9.17) is 0 Å². The van der Waals surface area contributed by atoms with E-state index >= 15 is 0 Å². The molecule has 0 saturated carbocycles. The fourth-order valence-electron chi connectivity index (χ4n) is 0.244. The van der Waals surface area contributed by atoms with Crippen molar-refractivity contribution >= 4 is 35.8 Å². The van der Waals surface area contributed by atoms with Crippen molar-refractivity contribution in [2.45, 2.75) is 24.2 Å². The molecule has 0 fully saturated rings. The molecule has 0 amide bonds. The molecule has 0 spiro atoms. The molecule has 2 nitrogen and oxygen atoms in total. The zero-order valence-electron chi connectivity index (χ0n) is 5.41. The predicted octanol–water partition coefficient (Wildman–Crippen LogP) is 2.58. The number of hydrogen-bond donors (Lipinski definition) is 2. The summed E-state index contributed by atoms with van der Waals surface area (Å²) in [5.74, 6) is 0. The van der Waals surface area contributed by atoms with Gasteiger partial charge < -0.3 is 12.3 Å². The van der Waals surface area contributed by atoms with E-state index in [1.165, 1.54) is 12.8 Å². The Bertz CT molecular complexity index is 26.0. The molecule has 0 bridgehead atoms. The van der Waals surface area contributed by atoms with E-state index < -0.39 is 0 Å². The molecule has 0 rings (SSSR count). The summed E-state index contributed by atoms with van der Waals surface area (Å²) >= 11 is 2.74. The quantitative estimate of drug-likeness (QED) is 0.472. The first-order valence-electron chi connectivity index (χ1n) is 2.25. The number of halogens is 1. The zero-order chi connectivity index (χ0) is 4.83. The van der Waals surface area contributed by atoms with E-state index in [1.54, 1.807) is 4.44 Å². The molecule has 0 aromatic carbocycles. The normalized spacial score (nSPS) is 6.75. The van der Waals surface area contributed by atoms with Crippen LogP contribution >= 0.6 is 18.6 Å². The molecule has 0 aromatic heterocycles. The molecule has 0 heterocycles. The first-order valence-corrected chi connectivity index (χ1v) is 12.6. The molecule has 0 unspecified atom stereocenters. The van der Waals surface area contributed by atoms with Crippen molar-refractivity contribution in [3.63, 3.8) is 0 Å². The minimum atomic E-state index is 0. The molecule has 0 aliphatic carbocycles. The van der Waals surface area contributed by atoms with Crippen LogP contribution in [-0.4, -0.2) is 17.2 Å². The summed E-state index contributed by atoms with van der Waals surface area (Å²) in [6.07, 6.45) is 2.87. The van der Waals surface area contributed by atoms with Crippen LogP contribution in [0.3, 0.4) is 0 Å². The van der Waals surface area contributed by atoms with Gasteiger partial charge in [0.2, 0.25) is 0 Å². The maximum atomic E-state index is 2.58. The number of hydrogen-bond acceptors (Lipinski definition) is 2. The van der Waals surface area contributed by atoms with E-state index in [0.717, 1.165) is 0 Å². The van der Waals surface area contributed by atoms with Crippen LogP contribution in [0.4, 0.5) is 0 Å². The second kappa shape index (κ2) is 15.8. The summed E-state index contributed by atoms with van der Waals surface area (Å²) < 4.78 is 1.57. The Morgan fingerprint density at radius 2 is 1.88 bits per heavy atom. The third kappa shape index (κ3) is 15.7. The first kappa shape index (κ1) is 16.2. The van der Waals surface area contributed by atoms with E-state index in [9.17, 15) is 0 Å². The van der Waals surface area contributed by atoms with E-state index in [-0.39, 0.29) is 29.5 Å². The van der Waals surface area contributed by atoms with Crippen LogP contribution in [0, 0.1) is 0 Å². The Kier molecular flexibility index (Phi) is 32.0. The second-order valence-electron chi connectivity index (χ2n) is 1.24. The maximum Gasteiger partial charge on any atom is -0.344 e. The van der Waals surface area contributed by atoms with Gasteiger partial charge in [-0.1, -0.05) is 0 Å². The number of unbranched alkanes of at least 4 members (excludes halogenated alkanes) is 1. The van der Waals surface area contributed by atoms with Crippen LogP contribution in [0.15, 0.2) is 0 Å². The van der Waals surface area contributed by atoms with Gasteiger partial charge in [-0.05, 0) is 0 Å². The Balaban J connectivity index is -0.000000125. The van der Waals surface area contributed by atoms with Crippen molar-refractivity contribution < 1.29 is 0 Å². The Morgan fingerprint density at radius 1 is 1.38 bits per heavy atom. The molecule has 0 aliphatic heterocycles. The van der Waals surface area contributed by atoms with Gasteiger partial charge in [-0.2, -0.15) is 0 Å². The molecule has 0 saturated heterocycles. The van der Waals surface area contributed by atoms with Crippen LogP contribution in [0.2, 0.25) is 4.44 Å². The van der Waals surface area contributed by atoms with Crippen LogP contribution in [0.5, 0.6) is 0 Å². The zero-order valence-corrected chi connectivity index (χ0v) is 10.4. The summed E-state index contributed by atoms with van der Waals surface area (Å²) in [7, 11) is 0. The van der Waals surface area contributed by atoms with E-state index in [0.29, 0.717) is 0 Å². The van der Waals surface area contributed by atoms with Crippen LogP contribution in [0.25, 0.3) is 0 Å². The maximum absolute atomic E-state index is 2.58. The van der Waals surface area contributed by atoms with Gasteiger partial charge >= 0.3 is 60.0 Å². The Hall–Kier alpha value is 1.45. The predicted molar refractivity (Wildman–Crippen MR) is 49.5 cm³/mol. The minimum Gasteiger partial charge on any atom is -0.344 e. The minimum absolute atomic E-state index is 0. The fourth-order valence-corrected chi connectivity index (χ4v) is 4.19. The summed E-state index contributed by atoms with van der Waals surface area (Å²) in [6.45, 7) is 2.26. The van der Waals surface area contributed by atoms with Gasteiger partial charge in [-0.3, -0.25) is 0 Å². The number of rotatable bonds is 3. The van der Waals surface area contributed by atoms with Crippen molar-refractivity contribution in [1.29, 1.82) is 0 Å². The van der Waals surface area contributed by atoms with Gasteiger partial charge in [0.1, 0.15) is 0 Å². The van der Waals surface area contributed by atoms with E-state index in [2.05, 4.69) is 25.6 Å². The Labute approximate surface area is 71.8 Å². The van der Waals surface area contributed by atoms with Gasteiger partial charge in [-0.25, -0.2) is 0 Å². The third-order valence-electron chi connectivity index (χ3n) is 0.625. The van der Waals surface area contributed by atoms with Gasteiger partial charge in [0.05, 0.1) is 0 Å². The summed E-state index contributed by atoms with van der Waals surface area (Å²) in [5, 5.41) is 0. The molecule has 4 heteroatoms. The first-order chi connectivity index (χ1) is 2.91. The monoisotopic (exact) mass is 338 g/mol. The van der Waals surface area contributed by atoms with Crippen molar-refractivity contribution in [1.82, 2.24) is 12.3 Å². The molecule has 0 aliphatic rings. The Morgan fingerprint density at radius 3 is 2.00 bits per heavy atom. The second-order valence-corrected chi connectivity index (χ2v) is 8.54. The molecule has 6 N–H and O–H groups in total. The third-order valence-corrected chi connectivity index (χ3v) is 5.79. The molecular weight excluding hydrogens is 322 g/mol. The topological polar surface area (TPSA) is 70.0 Å². The molecule has 2 radical (unpaired) electrons. The van der Waals surface area contributed by atoms with Gasteiger partial charge in [0, 0.05) is 0 Å². The standard InChI is InChI=1S/C4H9.HI.2H3N.Sn/c1-3-4-2;;;;/h1,3-4H2,2H3;1H;2*1H3;/q;;;;+1/p-1. The largest absolute Gasteiger partial charge is 0.344 e. The average Bonchev–Trinajstić information content (AvgIpc) is 1.61. The molecule has 8 heavy (non-hydrogen) atoms. The fraction of sp³-hybridized carbons (Fsp3) is 1.00. The van der Waals surface area contributed by atoms with Crippen molar-refractivity contribution in [3.8, 4) is 0 Å². The van der Waals surface area contributed by atoms with Gasteiger partial charge in [0.25, 0.3) is 0 Å². The average molecular weight is 337 g/mol. The van der Waals surface area contributed by atoms with Crippen molar-refractivity contribution in [2.24, 2.45) is 0 Å². The van der Waals surface area contributed by atoms with Crippen LogP contribution < -0.4 is 12.3 Å². The van der Waals surface area contributed by atoms with Crippen molar-refractivity contribution in [3.05, 3.63) is 0 Å². The molecular formula is C4H15IN2Sn.